The summed E-state index contributed by atoms with van der Waals surface area (Å²) in [6.07, 6.45) is 1.71. The predicted octanol–water partition coefficient (Wildman–Crippen LogP) is 0.656. The van der Waals surface area contributed by atoms with Crippen molar-refractivity contribution in [1.29, 1.82) is 0 Å². The molecule has 0 atom stereocenters. The van der Waals surface area contributed by atoms with E-state index in [0.29, 0.717) is 6.54 Å². The number of rotatable bonds is 1. The van der Waals surface area contributed by atoms with Crippen LogP contribution in [-0.4, -0.2) is 17.0 Å². The van der Waals surface area contributed by atoms with E-state index in [-0.39, 0.29) is 6.03 Å². The summed E-state index contributed by atoms with van der Waals surface area (Å²) in [5.41, 5.74) is 2.74. The molecule has 0 aliphatic carbocycles. The van der Waals surface area contributed by atoms with Crippen molar-refractivity contribution in [2.45, 2.75) is 6.92 Å². The van der Waals surface area contributed by atoms with Crippen molar-refractivity contribution >= 4 is 18.0 Å². The third kappa shape index (κ3) is 1.57. The molecule has 0 bridgehead atoms. The van der Waals surface area contributed by atoms with Crippen molar-refractivity contribution in [2.24, 2.45) is 0 Å². The number of hydrogen-bond acceptors (Lipinski definition) is 3. The zero-order valence-corrected chi connectivity index (χ0v) is 6.44. The molecule has 0 saturated heterocycles. The molecule has 0 aromatic heterocycles. The molecular formula is C5H9N3OS. The molecule has 1 heterocycles. The summed E-state index contributed by atoms with van der Waals surface area (Å²) in [5, 5.41) is 4.45. The van der Waals surface area contributed by atoms with E-state index in [1.807, 2.05) is 6.92 Å². The van der Waals surface area contributed by atoms with Crippen LogP contribution in [0.2, 0.25) is 0 Å². The molecule has 0 aromatic rings. The van der Waals surface area contributed by atoms with Crippen LogP contribution in [0.4, 0.5) is 4.79 Å². The number of carbonyl (C=O) groups is 1. The first kappa shape index (κ1) is 7.27. The normalized spacial score (nSPS) is 15.1. The van der Waals surface area contributed by atoms with Gasteiger partial charge < -0.3 is 5.32 Å². The first-order chi connectivity index (χ1) is 4.84. The average Bonchev–Trinajstić information content (AvgIpc) is 2.38. The second-order valence-corrected chi connectivity index (χ2v) is 2.52. The van der Waals surface area contributed by atoms with E-state index in [0.717, 1.165) is 0 Å². The minimum absolute atomic E-state index is 0.113. The third-order valence-electron chi connectivity index (χ3n) is 0.939. The fourth-order valence-corrected chi connectivity index (χ4v) is 1.07. The number of nitrogens with zero attached hydrogens (tertiary/aromatic N) is 1. The Kier molecular flexibility index (Phi) is 2.44. The summed E-state index contributed by atoms with van der Waals surface area (Å²) < 4.78 is 1.42. The molecular weight excluding hydrogens is 150 g/mol. The van der Waals surface area contributed by atoms with Crippen molar-refractivity contribution in [3.63, 3.8) is 0 Å². The van der Waals surface area contributed by atoms with Crippen molar-refractivity contribution < 1.29 is 4.79 Å². The van der Waals surface area contributed by atoms with Gasteiger partial charge in [-0.05, 0) is 6.92 Å². The lowest BCUT2D eigenvalue weighted by Crippen LogP contribution is -2.39. The SMILES string of the molecule is CCNC(=O)N1NC=CS1. The summed E-state index contributed by atoms with van der Waals surface area (Å²) in [5.74, 6) is 0. The molecule has 10 heavy (non-hydrogen) atoms. The number of hydrogen-bond donors (Lipinski definition) is 2. The van der Waals surface area contributed by atoms with Crippen LogP contribution in [0.1, 0.15) is 6.92 Å². The second kappa shape index (κ2) is 3.36. The molecule has 2 N–H and O–H groups in total. The zero-order valence-electron chi connectivity index (χ0n) is 5.63. The summed E-state index contributed by atoms with van der Waals surface area (Å²) in [4.78, 5) is 10.9. The molecule has 56 valence electrons. The quantitative estimate of drug-likeness (QED) is 0.552. The van der Waals surface area contributed by atoms with E-state index in [1.165, 1.54) is 16.4 Å². The number of hydrazine groups is 1. The molecule has 5 heteroatoms. The number of carbonyl (C=O) groups excluding carboxylic acids is 1. The Morgan fingerprint density at radius 1 is 1.90 bits per heavy atom. The van der Waals surface area contributed by atoms with Gasteiger partial charge in [0.2, 0.25) is 0 Å². The first-order valence-corrected chi connectivity index (χ1v) is 3.84. The Hall–Kier alpha value is -0.840. The van der Waals surface area contributed by atoms with Gasteiger partial charge in [0.05, 0.1) is 0 Å². The maximum atomic E-state index is 10.9. The average molecular weight is 159 g/mol. The van der Waals surface area contributed by atoms with Crippen LogP contribution in [0.5, 0.6) is 0 Å². The Bertz CT molecular complexity index is 151. The van der Waals surface area contributed by atoms with Crippen LogP contribution in [0.25, 0.3) is 0 Å². The van der Waals surface area contributed by atoms with Crippen LogP contribution in [0.3, 0.4) is 0 Å². The number of nitrogens with one attached hydrogen (secondary N) is 2. The van der Waals surface area contributed by atoms with Crippen LogP contribution < -0.4 is 10.7 Å². The second-order valence-electron chi connectivity index (χ2n) is 1.67. The first-order valence-electron chi connectivity index (χ1n) is 3.00. The lowest BCUT2D eigenvalue weighted by Gasteiger charge is -2.13. The highest BCUT2D eigenvalue weighted by molar-refractivity contribution is 8.00. The maximum Gasteiger partial charge on any atom is 0.346 e. The Balaban J connectivity index is 2.28. The Morgan fingerprint density at radius 2 is 2.70 bits per heavy atom. The largest absolute Gasteiger partial charge is 0.346 e. The molecule has 1 rings (SSSR count). The highest BCUT2D eigenvalue weighted by Crippen LogP contribution is 2.12. The van der Waals surface area contributed by atoms with Gasteiger partial charge >= 0.3 is 6.03 Å². The summed E-state index contributed by atoms with van der Waals surface area (Å²) in [6, 6.07) is -0.113. The van der Waals surface area contributed by atoms with Gasteiger partial charge in [-0.3, -0.25) is 5.43 Å². The van der Waals surface area contributed by atoms with Gasteiger partial charge in [-0.2, -0.15) is 4.41 Å². The van der Waals surface area contributed by atoms with Gasteiger partial charge in [-0.15, -0.1) is 0 Å². The van der Waals surface area contributed by atoms with Gasteiger partial charge in [-0.1, -0.05) is 0 Å². The van der Waals surface area contributed by atoms with E-state index in [1.54, 1.807) is 11.6 Å². The van der Waals surface area contributed by atoms with Gasteiger partial charge in [0.15, 0.2) is 0 Å². The molecule has 0 aromatic carbocycles. The molecule has 2 amide bonds. The lowest BCUT2D eigenvalue weighted by molar-refractivity contribution is 0.221. The van der Waals surface area contributed by atoms with Crippen LogP contribution >= 0.6 is 11.9 Å². The highest BCUT2D eigenvalue weighted by Gasteiger charge is 2.12. The van der Waals surface area contributed by atoms with Gasteiger partial charge in [-0.25, -0.2) is 4.79 Å². The van der Waals surface area contributed by atoms with Gasteiger partial charge in [0.25, 0.3) is 0 Å². The minimum Gasteiger partial charge on any atom is -0.336 e. The van der Waals surface area contributed by atoms with E-state index in [9.17, 15) is 4.79 Å². The molecule has 0 spiro atoms. The third-order valence-corrected chi connectivity index (χ3v) is 1.68. The summed E-state index contributed by atoms with van der Waals surface area (Å²) >= 11 is 1.32. The molecule has 0 fully saturated rings. The standard InChI is InChI=1S/C5H9N3OS/c1-2-6-5(9)8-7-3-4-10-8/h3-4,7H,2H2,1H3,(H,6,9). The summed E-state index contributed by atoms with van der Waals surface area (Å²) in [7, 11) is 0. The fraction of sp³-hybridized carbons (Fsp3) is 0.400. The fourth-order valence-electron chi connectivity index (χ4n) is 0.549. The van der Waals surface area contributed by atoms with E-state index in [2.05, 4.69) is 10.7 Å². The van der Waals surface area contributed by atoms with Gasteiger partial charge in [0, 0.05) is 30.1 Å². The van der Waals surface area contributed by atoms with E-state index >= 15 is 0 Å². The smallest absolute Gasteiger partial charge is 0.336 e. The molecule has 1 aliphatic rings. The predicted molar refractivity (Wildman–Crippen MR) is 40.8 cm³/mol. The maximum absolute atomic E-state index is 10.9. The van der Waals surface area contributed by atoms with Crippen molar-refractivity contribution in [1.82, 2.24) is 15.2 Å². The molecule has 0 unspecified atom stereocenters. The van der Waals surface area contributed by atoms with Crippen LogP contribution in [0.15, 0.2) is 11.6 Å². The highest BCUT2D eigenvalue weighted by atomic mass is 32.2. The Labute approximate surface area is 63.8 Å². The summed E-state index contributed by atoms with van der Waals surface area (Å²) in [6.45, 7) is 2.53. The molecule has 0 saturated carbocycles. The number of urea groups is 1. The van der Waals surface area contributed by atoms with E-state index < -0.39 is 0 Å². The monoisotopic (exact) mass is 159 g/mol. The molecule has 1 aliphatic heterocycles. The lowest BCUT2D eigenvalue weighted by atomic mass is 10.7. The topological polar surface area (TPSA) is 44.4 Å². The van der Waals surface area contributed by atoms with Crippen molar-refractivity contribution in [3.05, 3.63) is 11.6 Å². The van der Waals surface area contributed by atoms with Crippen LogP contribution in [-0.2, 0) is 0 Å². The zero-order chi connectivity index (χ0) is 7.40. The van der Waals surface area contributed by atoms with Crippen molar-refractivity contribution in [3.8, 4) is 0 Å². The Morgan fingerprint density at radius 3 is 3.20 bits per heavy atom. The number of amides is 2. The van der Waals surface area contributed by atoms with E-state index in [4.69, 9.17) is 0 Å². The minimum atomic E-state index is -0.113. The molecule has 0 radical (unpaired) electrons. The van der Waals surface area contributed by atoms with Gasteiger partial charge in [0.1, 0.15) is 0 Å². The van der Waals surface area contributed by atoms with Crippen molar-refractivity contribution in [2.75, 3.05) is 6.54 Å². The van der Waals surface area contributed by atoms with Crippen LogP contribution in [0, 0.1) is 0 Å². The molecule has 4 nitrogen and oxygen atoms in total.